The number of nitriles is 1. The molecule has 1 aromatic heterocycles. The number of nitrogens with one attached hydrogen (secondary N) is 1. The van der Waals surface area contributed by atoms with E-state index in [0.717, 1.165) is 36.5 Å². The monoisotopic (exact) mass is 238 g/mol. The number of aryl methyl sites for hydroxylation is 1. The molecule has 3 rings (SSSR count). The zero-order valence-electron chi connectivity index (χ0n) is 10.3. The normalized spacial score (nSPS) is 14.0. The summed E-state index contributed by atoms with van der Waals surface area (Å²) in [5.74, 6) is 0. The van der Waals surface area contributed by atoms with Gasteiger partial charge in [0.15, 0.2) is 0 Å². The maximum Gasteiger partial charge on any atom is 0.149 e. The average Bonchev–Trinajstić information content (AvgIpc) is 2.78. The first kappa shape index (κ1) is 11.0. The van der Waals surface area contributed by atoms with Crippen molar-refractivity contribution in [2.24, 2.45) is 0 Å². The lowest BCUT2D eigenvalue weighted by molar-refractivity contribution is 0.635. The minimum absolute atomic E-state index is 0.654. The lowest BCUT2D eigenvalue weighted by Crippen LogP contribution is -2.23. The van der Waals surface area contributed by atoms with Crippen molar-refractivity contribution < 1.29 is 0 Å². The third kappa shape index (κ3) is 1.69. The maximum absolute atomic E-state index is 9.34. The Hall–Kier alpha value is -2.12. The van der Waals surface area contributed by atoms with Gasteiger partial charge in [-0.1, -0.05) is 17.7 Å². The van der Waals surface area contributed by atoms with Gasteiger partial charge < -0.3 is 5.32 Å². The van der Waals surface area contributed by atoms with E-state index in [4.69, 9.17) is 0 Å². The van der Waals surface area contributed by atoms with Gasteiger partial charge in [-0.2, -0.15) is 10.4 Å². The molecule has 1 aliphatic heterocycles. The highest BCUT2D eigenvalue weighted by molar-refractivity contribution is 5.44. The van der Waals surface area contributed by atoms with Crippen molar-refractivity contribution in [1.29, 1.82) is 5.26 Å². The largest absolute Gasteiger partial charge is 0.312 e. The smallest absolute Gasteiger partial charge is 0.149 e. The molecule has 0 saturated carbocycles. The Morgan fingerprint density at radius 2 is 2.11 bits per heavy atom. The molecule has 2 heterocycles. The van der Waals surface area contributed by atoms with Crippen molar-refractivity contribution in [3.8, 4) is 11.8 Å². The third-order valence-electron chi connectivity index (χ3n) is 3.29. The van der Waals surface area contributed by atoms with Gasteiger partial charge in [0.2, 0.25) is 0 Å². The number of benzene rings is 1. The molecule has 2 aromatic rings. The summed E-state index contributed by atoms with van der Waals surface area (Å²) >= 11 is 0. The van der Waals surface area contributed by atoms with Crippen LogP contribution in [0.2, 0.25) is 0 Å². The Bertz CT molecular complexity index is 616. The van der Waals surface area contributed by atoms with E-state index in [1.165, 1.54) is 5.56 Å². The van der Waals surface area contributed by atoms with E-state index in [-0.39, 0.29) is 0 Å². The molecule has 0 radical (unpaired) electrons. The summed E-state index contributed by atoms with van der Waals surface area (Å²) < 4.78 is 1.76. The zero-order chi connectivity index (χ0) is 12.5. The van der Waals surface area contributed by atoms with Gasteiger partial charge >= 0.3 is 0 Å². The Morgan fingerprint density at radius 1 is 1.33 bits per heavy atom. The van der Waals surface area contributed by atoms with Crippen LogP contribution in [0.3, 0.4) is 0 Å². The maximum atomic E-state index is 9.34. The number of aromatic nitrogens is 2. The molecular formula is C14H14N4. The van der Waals surface area contributed by atoms with Gasteiger partial charge in [-0.25, -0.2) is 4.68 Å². The second-order valence-electron chi connectivity index (χ2n) is 4.56. The first-order chi connectivity index (χ1) is 8.79. The summed E-state index contributed by atoms with van der Waals surface area (Å²) in [5, 5.41) is 17.2. The van der Waals surface area contributed by atoms with Gasteiger partial charge in [0.05, 0.1) is 11.4 Å². The summed E-state index contributed by atoms with van der Waals surface area (Å²) in [6.07, 6.45) is 0.892. The van der Waals surface area contributed by atoms with Crippen LogP contribution in [0.15, 0.2) is 24.3 Å². The van der Waals surface area contributed by atoms with Crippen LogP contribution in [-0.4, -0.2) is 16.3 Å². The summed E-state index contributed by atoms with van der Waals surface area (Å²) in [5.41, 5.74) is 4.90. The van der Waals surface area contributed by atoms with E-state index in [9.17, 15) is 5.26 Å². The SMILES string of the molecule is Cc1ccc(-n2nc3c(c2C#N)CNCC3)cc1. The van der Waals surface area contributed by atoms with Gasteiger partial charge in [-0.15, -0.1) is 0 Å². The van der Waals surface area contributed by atoms with Crippen molar-refractivity contribution in [3.05, 3.63) is 46.8 Å². The molecule has 4 heteroatoms. The van der Waals surface area contributed by atoms with Crippen molar-refractivity contribution >= 4 is 0 Å². The fraction of sp³-hybridized carbons (Fsp3) is 0.286. The second-order valence-corrected chi connectivity index (χ2v) is 4.56. The number of nitrogens with zero attached hydrogens (tertiary/aromatic N) is 3. The van der Waals surface area contributed by atoms with Crippen LogP contribution in [0.5, 0.6) is 0 Å². The van der Waals surface area contributed by atoms with E-state index in [0.29, 0.717) is 5.69 Å². The highest BCUT2D eigenvalue weighted by Gasteiger charge is 2.20. The zero-order valence-corrected chi connectivity index (χ0v) is 10.3. The minimum atomic E-state index is 0.654. The summed E-state index contributed by atoms with van der Waals surface area (Å²) in [6, 6.07) is 10.4. The van der Waals surface area contributed by atoms with Crippen molar-refractivity contribution in [2.45, 2.75) is 19.9 Å². The van der Waals surface area contributed by atoms with Crippen molar-refractivity contribution in [2.75, 3.05) is 6.54 Å². The second kappa shape index (κ2) is 4.28. The summed E-state index contributed by atoms with van der Waals surface area (Å²) in [4.78, 5) is 0. The minimum Gasteiger partial charge on any atom is -0.312 e. The fourth-order valence-electron chi connectivity index (χ4n) is 2.29. The van der Waals surface area contributed by atoms with E-state index in [1.807, 2.05) is 31.2 Å². The quantitative estimate of drug-likeness (QED) is 0.822. The van der Waals surface area contributed by atoms with E-state index < -0.39 is 0 Å². The van der Waals surface area contributed by atoms with Crippen molar-refractivity contribution in [1.82, 2.24) is 15.1 Å². The molecule has 1 N–H and O–H groups in total. The van der Waals surface area contributed by atoms with Crippen molar-refractivity contribution in [3.63, 3.8) is 0 Å². The summed E-state index contributed by atoms with van der Waals surface area (Å²) in [6.45, 7) is 3.72. The molecule has 4 nitrogen and oxygen atoms in total. The molecule has 0 spiro atoms. The third-order valence-corrected chi connectivity index (χ3v) is 3.29. The number of hydrogen-bond acceptors (Lipinski definition) is 3. The Balaban J connectivity index is 2.15. The molecule has 0 saturated heterocycles. The topological polar surface area (TPSA) is 53.6 Å². The van der Waals surface area contributed by atoms with Crippen LogP contribution in [0.25, 0.3) is 5.69 Å². The molecule has 1 aromatic carbocycles. The molecule has 0 aliphatic carbocycles. The lowest BCUT2D eigenvalue weighted by atomic mass is 10.1. The van der Waals surface area contributed by atoms with Crippen LogP contribution >= 0.6 is 0 Å². The predicted octanol–water partition coefficient (Wildman–Crippen LogP) is 1.70. The van der Waals surface area contributed by atoms with Crippen LogP contribution in [0, 0.1) is 18.3 Å². The summed E-state index contributed by atoms with van der Waals surface area (Å²) in [7, 11) is 0. The lowest BCUT2D eigenvalue weighted by Gasteiger charge is -2.10. The van der Waals surface area contributed by atoms with Gasteiger partial charge in [-0.05, 0) is 19.1 Å². The number of rotatable bonds is 1. The van der Waals surface area contributed by atoms with Gasteiger partial charge in [-0.3, -0.25) is 0 Å². The number of hydrogen-bond donors (Lipinski definition) is 1. The van der Waals surface area contributed by atoms with Crippen LogP contribution < -0.4 is 5.32 Å². The van der Waals surface area contributed by atoms with Gasteiger partial charge in [0, 0.05) is 25.1 Å². The van der Waals surface area contributed by atoms with Crippen LogP contribution in [0.1, 0.15) is 22.5 Å². The standard InChI is InChI=1S/C14H14N4/c1-10-2-4-11(5-3-10)18-14(8-15)12-9-16-7-6-13(12)17-18/h2-5,16H,6-7,9H2,1H3. The molecule has 18 heavy (non-hydrogen) atoms. The predicted molar refractivity (Wildman–Crippen MR) is 68.4 cm³/mol. The van der Waals surface area contributed by atoms with Gasteiger partial charge in [0.1, 0.15) is 11.8 Å². The Labute approximate surface area is 106 Å². The first-order valence-corrected chi connectivity index (χ1v) is 6.08. The molecule has 0 bridgehead atoms. The average molecular weight is 238 g/mol. The number of fused-ring (bicyclic) bond motifs is 1. The molecule has 0 unspecified atom stereocenters. The van der Waals surface area contributed by atoms with Gasteiger partial charge in [0.25, 0.3) is 0 Å². The Morgan fingerprint density at radius 3 is 2.83 bits per heavy atom. The molecule has 0 fully saturated rings. The first-order valence-electron chi connectivity index (χ1n) is 6.08. The molecule has 1 aliphatic rings. The Kier molecular flexibility index (Phi) is 2.62. The van der Waals surface area contributed by atoms with Crippen LogP contribution in [-0.2, 0) is 13.0 Å². The fourth-order valence-corrected chi connectivity index (χ4v) is 2.29. The molecule has 0 atom stereocenters. The molecular weight excluding hydrogens is 224 g/mol. The highest BCUT2D eigenvalue weighted by atomic mass is 15.3. The molecule has 90 valence electrons. The van der Waals surface area contributed by atoms with E-state index in [2.05, 4.69) is 16.5 Å². The van der Waals surface area contributed by atoms with E-state index >= 15 is 0 Å². The van der Waals surface area contributed by atoms with E-state index in [1.54, 1.807) is 4.68 Å². The molecule has 0 amide bonds. The highest BCUT2D eigenvalue weighted by Crippen LogP contribution is 2.21. The van der Waals surface area contributed by atoms with Crippen LogP contribution in [0.4, 0.5) is 0 Å².